The summed E-state index contributed by atoms with van der Waals surface area (Å²) in [6, 6.07) is 6.17. The predicted octanol–water partition coefficient (Wildman–Crippen LogP) is 5.94. The fourth-order valence-corrected chi connectivity index (χ4v) is 6.30. The number of benzene rings is 1. The van der Waals surface area contributed by atoms with Gasteiger partial charge in [0, 0.05) is 6.04 Å². The number of nitrogens with zero attached hydrogens (tertiary/aromatic N) is 2. The number of amidine groups is 1. The van der Waals surface area contributed by atoms with Crippen LogP contribution in [0.15, 0.2) is 32.6 Å². The maximum Gasteiger partial charge on any atom is 0.343 e. The van der Waals surface area contributed by atoms with Crippen LogP contribution in [0.3, 0.4) is 0 Å². The molecule has 2 saturated carbocycles. The van der Waals surface area contributed by atoms with Gasteiger partial charge in [-0.15, -0.1) is 0 Å². The van der Waals surface area contributed by atoms with Gasteiger partial charge in [0.05, 0.1) is 22.5 Å². The van der Waals surface area contributed by atoms with E-state index in [2.05, 4.69) is 20.7 Å². The van der Waals surface area contributed by atoms with E-state index in [4.69, 9.17) is 9.73 Å². The Kier molecular flexibility index (Phi) is 8.52. The van der Waals surface area contributed by atoms with Crippen LogP contribution in [0.4, 0.5) is 0 Å². The van der Waals surface area contributed by atoms with Crippen molar-refractivity contribution in [2.75, 3.05) is 13.7 Å². The standard InChI is InChI=1S/C25H31BrN2O4S/c1-31-23(29)16-32-21-13-12-17(14-20(21)26)15-22-24(30)28(19-10-6-3-7-11-19)25(33-22)27-18-8-4-2-5-9-18/h12-15,18-19H,2-11,16H2,1H3. The first-order valence-corrected chi connectivity index (χ1v) is 13.5. The van der Waals surface area contributed by atoms with Gasteiger partial charge in [-0.3, -0.25) is 14.7 Å². The number of aliphatic imine (C=N–C) groups is 1. The summed E-state index contributed by atoms with van der Waals surface area (Å²) in [5.41, 5.74) is 0.894. The maximum absolute atomic E-state index is 13.5. The van der Waals surface area contributed by atoms with Crippen molar-refractivity contribution in [1.82, 2.24) is 4.90 Å². The number of hydrogen-bond donors (Lipinski definition) is 0. The largest absolute Gasteiger partial charge is 0.481 e. The van der Waals surface area contributed by atoms with E-state index in [1.165, 1.54) is 57.4 Å². The van der Waals surface area contributed by atoms with Gasteiger partial charge in [0.25, 0.3) is 5.91 Å². The van der Waals surface area contributed by atoms with E-state index in [1.54, 1.807) is 6.07 Å². The summed E-state index contributed by atoms with van der Waals surface area (Å²) in [6.45, 7) is -0.152. The van der Waals surface area contributed by atoms with Gasteiger partial charge < -0.3 is 9.47 Å². The Balaban J connectivity index is 1.55. The summed E-state index contributed by atoms with van der Waals surface area (Å²) in [4.78, 5) is 32.6. The molecule has 0 atom stereocenters. The van der Waals surface area contributed by atoms with Gasteiger partial charge in [-0.05, 0) is 77.1 Å². The first kappa shape index (κ1) is 24.3. The van der Waals surface area contributed by atoms with Gasteiger partial charge in [-0.1, -0.05) is 44.6 Å². The molecule has 3 fully saturated rings. The van der Waals surface area contributed by atoms with Crippen molar-refractivity contribution in [3.8, 4) is 5.75 Å². The molecule has 0 N–H and O–H groups in total. The Morgan fingerprint density at radius 3 is 2.52 bits per heavy atom. The summed E-state index contributed by atoms with van der Waals surface area (Å²) < 4.78 is 10.8. The molecule has 0 bridgehead atoms. The van der Waals surface area contributed by atoms with Crippen molar-refractivity contribution in [3.63, 3.8) is 0 Å². The van der Waals surface area contributed by atoms with E-state index in [9.17, 15) is 9.59 Å². The molecule has 178 valence electrons. The molecule has 8 heteroatoms. The summed E-state index contributed by atoms with van der Waals surface area (Å²) in [7, 11) is 1.33. The topological polar surface area (TPSA) is 68.2 Å². The molecule has 0 spiro atoms. The quantitative estimate of drug-likeness (QED) is 0.333. The number of methoxy groups -OCH3 is 1. The van der Waals surface area contributed by atoms with Crippen LogP contribution in [0.2, 0.25) is 0 Å². The number of hydrogen-bond acceptors (Lipinski definition) is 6. The van der Waals surface area contributed by atoms with Gasteiger partial charge in [-0.25, -0.2) is 4.79 Å². The first-order valence-electron chi connectivity index (χ1n) is 11.8. The highest BCUT2D eigenvalue weighted by Crippen LogP contribution is 2.39. The highest BCUT2D eigenvalue weighted by molar-refractivity contribution is 9.10. The molecule has 1 amide bonds. The number of amides is 1. The van der Waals surface area contributed by atoms with Gasteiger partial charge in [0.1, 0.15) is 5.75 Å². The summed E-state index contributed by atoms with van der Waals surface area (Å²) >= 11 is 5.02. The summed E-state index contributed by atoms with van der Waals surface area (Å²) in [6.07, 6.45) is 13.6. The lowest BCUT2D eigenvalue weighted by atomic mass is 9.94. The van der Waals surface area contributed by atoms with Crippen LogP contribution < -0.4 is 4.74 Å². The number of carbonyl (C=O) groups is 2. The molecule has 2 aliphatic carbocycles. The molecule has 4 rings (SSSR count). The fourth-order valence-electron chi connectivity index (χ4n) is 4.67. The van der Waals surface area contributed by atoms with E-state index < -0.39 is 5.97 Å². The molecule has 0 aromatic heterocycles. The second-order valence-corrected chi connectivity index (χ2v) is 10.7. The average molecular weight is 536 g/mol. The normalized spacial score (nSPS) is 22.8. The number of thioether (sulfide) groups is 1. The van der Waals surface area contributed by atoms with E-state index in [1.807, 2.05) is 23.1 Å². The Hall–Kier alpha value is -1.80. The van der Waals surface area contributed by atoms with Crippen LogP contribution in [-0.4, -0.2) is 47.7 Å². The monoisotopic (exact) mass is 534 g/mol. The number of rotatable bonds is 6. The number of carbonyl (C=O) groups excluding carboxylic acids is 2. The second-order valence-electron chi connectivity index (χ2n) is 8.84. The van der Waals surface area contributed by atoms with Crippen molar-refractivity contribution >= 4 is 50.8 Å². The number of esters is 1. The third kappa shape index (κ3) is 6.21. The van der Waals surface area contributed by atoms with E-state index >= 15 is 0 Å². The third-order valence-corrected chi connectivity index (χ3v) is 8.09. The molecule has 33 heavy (non-hydrogen) atoms. The molecule has 1 heterocycles. The van der Waals surface area contributed by atoms with Crippen molar-refractivity contribution in [3.05, 3.63) is 33.1 Å². The Labute approximate surface area is 208 Å². The Bertz CT molecular complexity index is 936. The molecule has 1 aromatic rings. The molecule has 6 nitrogen and oxygen atoms in total. The van der Waals surface area contributed by atoms with Gasteiger partial charge in [-0.2, -0.15) is 0 Å². The smallest absolute Gasteiger partial charge is 0.343 e. The van der Waals surface area contributed by atoms with Crippen LogP contribution in [0.1, 0.15) is 69.8 Å². The minimum absolute atomic E-state index is 0.0728. The average Bonchev–Trinajstić information content (AvgIpc) is 3.13. The molecule has 0 unspecified atom stereocenters. The SMILES string of the molecule is COC(=O)COc1ccc(C=C2SC(=NC3CCCCC3)N(C3CCCCC3)C2=O)cc1Br. The molecule has 3 aliphatic rings. The van der Waals surface area contributed by atoms with E-state index in [-0.39, 0.29) is 18.6 Å². The van der Waals surface area contributed by atoms with Crippen molar-refractivity contribution < 1.29 is 19.1 Å². The van der Waals surface area contributed by atoms with Crippen LogP contribution in [0, 0.1) is 0 Å². The first-order chi connectivity index (χ1) is 16.0. The molecule has 0 radical (unpaired) electrons. The minimum atomic E-state index is -0.436. The van der Waals surface area contributed by atoms with Crippen LogP contribution in [-0.2, 0) is 14.3 Å². The molecule has 1 aromatic carbocycles. The van der Waals surface area contributed by atoms with Crippen LogP contribution in [0.25, 0.3) is 6.08 Å². The fraction of sp³-hybridized carbons (Fsp3) is 0.560. The molecule has 1 saturated heterocycles. The van der Waals surface area contributed by atoms with Crippen LogP contribution >= 0.6 is 27.7 Å². The maximum atomic E-state index is 13.5. The Morgan fingerprint density at radius 2 is 1.85 bits per heavy atom. The van der Waals surface area contributed by atoms with Crippen molar-refractivity contribution in [2.45, 2.75) is 76.3 Å². The lowest BCUT2D eigenvalue weighted by Gasteiger charge is -2.31. The second kappa shape index (κ2) is 11.6. The van der Waals surface area contributed by atoms with Gasteiger partial charge in [0.15, 0.2) is 11.8 Å². The van der Waals surface area contributed by atoms with Crippen LogP contribution in [0.5, 0.6) is 5.75 Å². The lowest BCUT2D eigenvalue weighted by molar-refractivity contribution is -0.142. The van der Waals surface area contributed by atoms with Crippen molar-refractivity contribution in [1.29, 1.82) is 0 Å². The van der Waals surface area contributed by atoms with Crippen molar-refractivity contribution in [2.24, 2.45) is 4.99 Å². The van der Waals surface area contributed by atoms with Gasteiger partial charge >= 0.3 is 5.97 Å². The molecule has 1 aliphatic heterocycles. The van der Waals surface area contributed by atoms with Gasteiger partial charge in [0.2, 0.25) is 0 Å². The number of ether oxygens (including phenoxy) is 2. The summed E-state index contributed by atoms with van der Waals surface area (Å²) in [5, 5.41) is 0.891. The zero-order chi connectivity index (χ0) is 23.2. The van der Waals surface area contributed by atoms with E-state index in [0.29, 0.717) is 16.7 Å². The predicted molar refractivity (Wildman–Crippen MR) is 135 cm³/mol. The minimum Gasteiger partial charge on any atom is -0.481 e. The lowest BCUT2D eigenvalue weighted by Crippen LogP contribution is -2.41. The third-order valence-electron chi connectivity index (χ3n) is 6.47. The molecular weight excluding hydrogens is 504 g/mol. The zero-order valence-corrected chi connectivity index (χ0v) is 21.5. The number of halogens is 1. The molecular formula is C25H31BrN2O4S. The zero-order valence-electron chi connectivity index (χ0n) is 19.1. The highest BCUT2D eigenvalue weighted by atomic mass is 79.9. The highest BCUT2D eigenvalue weighted by Gasteiger charge is 2.39. The Morgan fingerprint density at radius 1 is 1.15 bits per heavy atom. The summed E-state index contributed by atoms with van der Waals surface area (Å²) in [5.74, 6) is 0.188. The van der Waals surface area contributed by atoms with E-state index in [0.717, 1.165) is 40.9 Å².